The Morgan fingerprint density at radius 3 is 2.35 bits per heavy atom. The van der Waals surface area contributed by atoms with Crippen molar-refractivity contribution >= 4 is 15.7 Å². The molecule has 0 aliphatic carbocycles. The Balaban J connectivity index is 2.38. The van der Waals surface area contributed by atoms with Gasteiger partial charge in [-0.15, -0.1) is 0 Å². The van der Waals surface area contributed by atoms with Crippen molar-refractivity contribution in [2.24, 2.45) is 11.8 Å². The number of hydrogen-bond acceptors (Lipinski definition) is 4. The first kappa shape index (κ1) is 14.4. The molecule has 1 fully saturated rings. The number of carbonyl (C=O) groups excluding carboxylic acids is 1. The summed E-state index contributed by atoms with van der Waals surface area (Å²) in [4.78, 5) is 11.6. The van der Waals surface area contributed by atoms with Gasteiger partial charge in [-0.2, -0.15) is 0 Å². The largest absolute Gasteiger partial charge is 0.353 e. The van der Waals surface area contributed by atoms with Gasteiger partial charge in [0.1, 0.15) is 5.75 Å². The summed E-state index contributed by atoms with van der Waals surface area (Å²) in [7, 11) is -3.26. The third-order valence-corrected chi connectivity index (χ3v) is 4.78. The molecule has 0 spiro atoms. The van der Waals surface area contributed by atoms with Crippen LogP contribution in [0.5, 0.6) is 0 Å². The van der Waals surface area contributed by atoms with Crippen molar-refractivity contribution < 1.29 is 13.2 Å². The van der Waals surface area contributed by atoms with Crippen molar-refractivity contribution in [3.8, 4) is 0 Å². The highest BCUT2D eigenvalue weighted by Gasteiger charge is 2.26. The SMILES string of the molecule is CC(C)C(C)NC(=O)CS(=O)(=O)CC1CNC1. The molecule has 0 aromatic rings. The molecule has 1 aliphatic heterocycles. The van der Waals surface area contributed by atoms with E-state index in [1.54, 1.807) is 0 Å². The lowest BCUT2D eigenvalue weighted by Crippen LogP contribution is -2.47. The highest BCUT2D eigenvalue weighted by atomic mass is 32.2. The molecular weight excluding hydrogens is 240 g/mol. The molecule has 100 valence electrons. The second-order valence-electron chi connectivity index (χ2n) is 5.18. The van der Waals surface area contributed by atoms with Gasteiger partial charge in [-0.1, -0.05) is 13.8 Å². The molecule has 6 heteroatoms. The fourth-order valence-corrected chi connectivity index (χ4v) is 3.10. The summed E-state index contributed by atoms with van der Waals surface area (Å²) in [6, 6.07) is 0.00284. The van der Waals surface area contributed by atoms with Crippen molar-refractivity contribution in [1.29, 1.82) is 0 Å². The Bertz CT molecular complexity index is 361. The van der Waals surface area contributed by atoms with Crippen molar-refractivity contribution in [2.45, 2.75) is 26.8 Å². The Labute approximate surface area is 103 Å². The lowest BCUT2D eigenvalue weighted by atomic mass is 10.1. The molecule has 1 aliphatic rings. The van der Waals surface area contributed by atoms with Gasteiger partial charge in [0.15, 0.2) is 9.84 Å². The van der Waals surface area contributed by atoms with Crippen LogP contribution in [0.25, 0.3) is 0 Å². The lowest BCUT2D eigenvalue weighted by molar-refractivity contribution is -0.119. The predicted octanol–water partition coefficient (Wildman–Crippen LogP) is -0.219. The van der Waals surface area contributed by atoms with Crippen molar-refractivity contribution in [3.63, 3.8) is 0 Å². The molecule has 2 N–H and O–H groups in total. The average Bonchev–Trinajstić information content (AvgIpc) is 2.10. The smallest absolute Gasteiger partial charge is 0.235 e. The van der Waals surface area contributed by atoms with E-state index in [0.29, 0.717) is 5.92 Å². The molecule has 1 atom stereocenters. The third-order valence-electron chi connectivity index (χ3n) is 3.10. The Morgan fingerprint density at radius 2 is 1.94 bits per heavy atom. The maximum Gasteiger partial charge on any atom is 0.235 e. The average molecular weight is 262 g/mol. The van der Waals surface area contributed by atoms with Gasteiger partial charge in [0.25, 0.3) is 0 Å². The van der Waals surface area contributed by atoms with Gasteiger partial charge in [-0.05, 0) is 18.8 Å². The maximum atomic E-state index is 11.7. The summed E-state index contributed by atoms with van der Waals surface area (Å²) >= 11 is 0. The zero-order chi connectivity index (χ0) is 13.1. The lowest BCUT2D eigenvalue weighted by Gasteiger charge is -2.26. The second kappa shape index (κ2) is 5.82. The number of carbonyl (C=O) groups is 1. The van der Waals surface area contributed by atoms with E-state index >= 15 is 0 Å². The predicted molar refractivity (Wildman–Crippen MR) is 67.5 cm³/mol. The van der Waals surface area contributed by atoms with Gasteiger partial charge >= 0.3 is 0 Å². The molecule has 0 aromatic carbocycles. The maximum absolute atomic E-state index is 11.7. The topological polar surface area (TPSA) is 75.3 Å². The van der Waals surface area contributed by atoms with Crippen molar-refractivity contribution in [2.75, 3.05) is 24.6 Å². The van der Waals surface area contributed by atoms with Crippen LogP contribution in [-0.4, -0.2) is 45.0 Å². The van der Waals surface area contributed by atoms with E-state index in [2.05, 4.69) is 10.6 Å². The molecular formula is C11H22N2O3S. The minimum atomic E-state index is -3.26. The molecule has 1 unspecified atom stereocenters. The summed E-state index contributed by atoms with van der Waals surface area (Å²) in [5, 5.41) is 5.73. The van der Waals surface area contributed by atoms with E-state index in [4.69, 9.17) is 0 Å². The van der Waals surface area contributed by atoms with Crippen LogP contribution in [0.3, 0.4) is 0 Å². The summed E-state index contributed by atoms with van der Waals surface area (Å²) in [6.07, 6.45) is 0. The first-order chi connectivity index (χ1) is 7.80. The van der Waals surface area contributed by atoms with Crippen LogP contribution >= 0.6 is 0 Å². The van der Waals surface area contributed by atoms with Gasteiger partial charge in [-0.3, -0.25) is 4.79 Å². The quantitative estimate of drug-likeness (QED) is 0.694. The number of hydrogen-bond donors (Lipinski definition) is 2. The number of sulfone groups is 1. The molecule has 0 saturated carbocycles. The highest BCUT2D eigenvalue weighted by Crippen LogP contribution is 2.08. The normalized spacial score (nSPS) is 18.8. The molecule has 0 radical (unpaired) electrons. The Hall–Kier alpha value is -0.620. The van der Waals surface area contributed by atoms with Gasteiger partial charge in [0.2, 0.25) is 5.91 Å². The Kier molecular flexibility index (Phi) is 4.94. The van der Waals surface area contributed by atoms with Crippen LogP contribution in [0.2, 0.25) is 0 Å². The van der Waals surface area contributed by atoms with Gasteiger partial charge in [0.05, 0.1) is 5.75 Å². The van der Waals surface area contributed by atoms with Gasteiger partial charge < -0.3 is 10.6 Å². The standard InChI is InChI=1S/C11H22N2O3S/c1-8(2)9(3)13-11(14)7-17(15,16)6-10-4-12-5-10/h8-10,12H,4-7H2,1-3H3,(H,13,14). The number of nitrogens with one attached hydrogen (secondary N) is 2. The van der Waals surface area contributed by atoms with Gasteiger partial charge in [0, 0.05) is 19.1 Å². The fourth-order valence-electron chi connectivity index (χ4n) is 1.55. The van der Waals surface area contributed by atoms with Crippen LogP contribution in [0.4, 0.5) is 0 Å². The number of rotatable bonds is 6. The van der Waals surface area contributed by atoms with E-state index in [1.807, 2.05) is 20.8 Å². The minimum Gasteiger partial charge on any atom is -0.353 e. The van der Waals surface area contributed by atoms with Crippen LogP contribution in [-0.2, 0) is 14.6 Å². The van der Waals surface area contributed by atoms with Crippen molar-refractivity contribution in [1.82, 2.24) is 10.6 Å². The molecule has 0 aromatic heterocycles. The van der Waals surface area contributed by atoms with Crippen LogP contribution < -0.4 is 10.6 Å². The van der Waals surface area contributed by atoms with E-state index in [9.17, 15) is 13.2 Å². The van der Waals surface area contributed by atoms with Crippen LogP contribution in [0.1, 0.15) is 20.8 Å². The monoisotopic (exact) mass is 262 g/mol. The summed E-state index contributed by atoms with van der Waals surface area (Å²) in [5.74, 6) is -0.185. The van der Waals surface area contributed by atoms with Crippen molar-refractivity contribution in [3.05, 3.63) is 0 Å². The second-order valence-corrected chi connectivity index (χ2v) is 7.29. The first-order valence-corrected chi connectivity index (χ1v) is 7.83. The van der Waals surface area contributed by atoms with Crippen LogP contribution in [0.15, 0.2) is 0 Å². The molecule has 0 bridgehead atoms. The zero-order valence-corrected chi connectivity index (χ0v) is 11.5. The molecule has 1 rings (SSSR count). The molecule has 17 heavy (non-hydrogen) atoms. The van der Waals surface area contributed by atoms with E-state index in [-0.39, 0.29) is 23.5 Å². The number of amides is 1. The first-order valence-electron chi connectivity index (χ1n) is 6.00. The molecule has 1 heterocycles. The Morgan fingerprint density at radius 1 is 1.35 bits per heavy atom. The van der Waals surface area contributed by atoms with Gasteiger partial charge in [-0.25, -0.2) is 8.42 Å². The highest BCUT2D eigenvalue weighted by molar-refractivity contribution is 7.92. The molecule has 1 saturated heterocycles. The zero-order valence-electron chi connectivity index (χ0n) is 10.7. The summed E-state index contributed by atoms with van der Waals surface area (Å²) in [6.45, 7) is 7.33. The fraction of sp³-hybridized carbons (Fsp3) is 0.909. The molecule has 1 amide bonds. The third kappa shape index (κ3) is 5.04. The van der Waals surface area contributed by atoms with E-state index < -0.39 is 15.7 Å². The summed E-state index contributed by atoms with van der Waals surface area (Å²) in [5.41, 5.74) is 0. The molecule has 5 nitrogen and oxygen atoms in total. The van der Waals surface area contributed by atoms with Crippen LogP contribution in [0, 0.1) is 11.8 Å². The summed E-state index contributed by atoms with van der Waals surface area (Å²) < 4.78 is 23.4. The van der Waals surface area contributed by atoms with E-state index in [1.165, 1.54) is 0 Å². The van der Waals surface area contributed by atoms with E-state index in [0.717, 1.165) is 13.1 Å². The minimum absolute atomic E-state index is 0.00284.